The predicted molar refractivity (Wildman–Crippen MR) is 74.1 cm³/mol. The van der Waals surface area contributed by atoms with Crippen molar-refractivity contribution in [1.29, 1.82) is 0 Å². The molecule has 0 aromatic heterocycles. The van der Waals surface area contributed by atoms with Gasteiger partial charge < -0.3 is 0 Å². The molecule has 0 saturated carbocycles. The molecule has 1 radical (unpaired) electrons. The Morgan fingerprint density at radius 3 is 1.94 bits per heavy atom. The van der Waals surface area contributed by atoms with Crippen LogP contribution >= 0.6 is 0 Å². The van der Waals surface area contributed by atoms with Crippen molar-refractivity contribution < 1.29 is 0 Å². The Hall–Kier alpha value is -2.34. The van der Waals surface area contributed by atoms with Crippen LogP contribution in [0.4, 0.5) is 0 Å². The van der Waals surface area contributed by atoms with E-state index in [0.29, 0.717) is 0 Å². The first-order chi connectivity index (χ1) is 8.95. The normalized spacial score (nSPS) is 12.4. The number of benzene rings is 3. The molecule has 4 bridgehead atoms. The molecule has 5 rings (SSSR count). The van der Waals surface area contributed by atoms with Gasteiger partial charge >= 0.3 is 0 Å². The zero-order chi connectivity index (χ0) is 11.7. The van der Waals surface area contributed by atoms with E-state index < -0.39 is 0 Å². The van der Waals surface area contributed by atoms with Gasteiger partial charge in [-0.1, -0.05) is 48.5 Å². The number of rotatable bonds is 0. The van der Waals surface area contributed by atoms with Gasteiger partial charge in [0.15, 0.2) is 0 Å². The van der Waals surface area contributed by atoms with Crippen LogP contribution in [-0.4, -0.2) is 0 Å². The van der Waals surface area contributed by atoms with E-state index in [2.05, 4.69) is 60.7 Å². The average Bonchev–Trinajstić information content (AvgIpc) is 2.79. The molecule has 18 heavy (non-hydrogen) atoms. The summed E-state index contributed by atoms with van der Waals surface area (Å²) >= 11 is 0. The van der Waals surface area contributed by atoms with Gasteiger partial charge in [0.1, 0.15) is 0 Å². The van der Waals surface area contributed by atoms with E-state index in [1.165, 1.54) is 44.5 Å². The Balaban J connectivity index is 2.03. The largest absolute Gasteiger partial charge is 0.0616 e. The van der Waals surface area contributed by atoms with Crippen LogP contribution in [-0.2, 0) is 0 Å². The fourth-order valence-electron chi connectivity index (χ4n) is 3.38. The van der Waals surface area contributed by atoms with Crippen molar-refractivity contribution in [1.82, 2.24) is 0 Å². The molecule has 0 aliphatic heterocycles. The molecule has 0 spiro atoms. The van der Waals surface area contributed by atoms with Gasteiger partial charge in [-0.25, -0.2) is 0 Å². The third kappa shape index (κ3) is 0.790. The minimum absolute atomic E-state index is 1.27. The summed E-state index contributed by atoms with van der Waals surface area (Å²) in [7, 11) is 0. The first kappa shape index (κ1) is 8.71. The van der Waals surface area contributed by atoms with Crippen LogP contribution in [0.3, 0.4) is 0 Å². The van der Waals surface area contributed by atoms with E-state index in [-0.39, 0.29) is 0 Å². The van der Waals surface area contributed by atoms with Crippen LogP contribution in [0.15, 0.2) is 54.6 Å². The van der Waals surface area contributed by atoms with E-state index in [0.717, 1.165) is 0 Å². The second-order valence-corrected chi connectivity index (χ2v) is 4.92. The monoisotopic (exact) mass is 225 g/mol. The number of hydrogen-bond donors (Lipinski definition) is 0. The van der Waals surface area contributed by atoms with E-state index in [9.17, 15) is 0 Å². The summed E-state index contributed by atoms with van der Waals surface area (Å²) in [6.07, 6.45) is 0. The van der Waals surface area contributed by atoms with Crippen molar-refractivity contribution in [2.45, 2.75) is 0 Å². The van der Waals surface area contributed by atoms with E-state index in [4.69, 9.17) is 0 Å². The predicted octanol–water partition coefficient (Wildman–Crippen LogP) is 4.78. The molecule has 0 nitrogen and oxygen atoms in total. The second kappa shape index (κ2) is 2.73. The van der Waals surface area contributed by atoms with Crippen LogP contribution in [0.1, 0.15) is 0 Å². The first-order valence-corrected chi connectivity index (χ1v) is 6.23. The van der Waals surface area contributed by atoms with Crippen LogP contribution < -0.4 is 0 Å². The number of hydrogen-bond acceptors (Lipinski definition) is 0. The zero-order valence-electron chi connectivity index (χ0n) is 9.70. The van der Waals surface area contributed by atoms with Crippen molar-refractivity contribution in [3.05, 3.63) is 60.7 Å². The molecule has 2 aliphatic carbocycles. The molecule has 0 saturated heterocycles. The van der Waals surface area contributed by atoms with Crippen LogP contribution in [0, 0.1) is 6.07 Å². The lowest BCUT2D eigenvalue weighted by atomic mass is 10.0. The smallest absolute Gasteiger partial charge is 0.000763 e. The lowest BCUT2D eigenvalue weighted by Crippen LogP contribution is -1.76. The maximum absolute atomic E-state index is 3.47. The molecule has 81 valence electrons. The highest BCUT2D eigenvalue weighted by Crippen LogP contribution is 2.59. The molecule has 0 heteroatoms. The molecule has 0 heterocycles. The quantitative estimate of drug-likeness (QED) is 0.355. The van der Waals surface area contributed by atoms with E-state index in [1.807, 2.05) is 0 Å². The molecule has 3 aromatic carbocycles. The van der Waals surface area contributed by atoms with E-state index in [1.54, 1.807) is 0 Å². The molecule has 0 atom stereocenters. The van der Waals surface area contributed by atoms with Crippen molar-refractivity contribution >= 4 is 0 Å². The fraction of sp³-hybridized carbons (Fsp3) is 0. The van der Waals surface area contributed by atoms with Gasteiger partial charge in [-0.3, -0.25) is 0 Å². The SMILES string of the molecule is [c]1cc2c3c(c1-c1ccccc1-3)-c1ccccc1-2. The van der Waals surface area contributed by atoms with Gasteiger partial charge in [0, 0.05) is 0 Å². The highest BCUT2D eigenvalue weighted by atomic mass is 14.3. The average molecular weight is 225 g/mol. The van der Waals surface area contributed by atoms with Crippen molar-refractivity contribution in [3.8, 4) is 44.5 Å². The Kier molecular flexibility index (Phi) is 1.32. The van der Waals surface area contributed by atoms with Gasteiger partial charge in [-0.15, -0.1) is 0 Å². The summed E-state index contributed by atoms with van der Waals surface area (Å²) < 4.78 is 0. The third-order valence-corrected chi connectivity index (χ3v) is 4.08. The van der Waals surface area contributed by atoms with Crippen LogP contribution in [0.25, 0.3) is 44.5 Å². The van der Waals surface area contributed by atoms with Gasteiger partial charge in [0.25, 0.3) is 0 Å². The van der Waals surface area contributed by atoms with Crippen molar-refractivity contribution in [2.75, 3.05) is 0 Å². The lowest BCUT2D eigenvalue weighted by molar-refractivity contribution is 1.69. The minimum Gasteiger partial charge on any atom is -0.0616 e. The molecule has 0 unspecified atom stereocenters. The van der Waals surface area contributed by atoms with Crippen LogP contribution in [0.5, 0.6) is 0 Å². The zero-order valence-corrected chi connectivity index (χ0v) is 9.70. The Labute approximate surface area is 106 Å². The topological polar surface area (TPSA) is 0 Å². The highest BCUT2D eigenvalue weighted by molar-refractivity contribution is 6.18. The summed E-state index contributed by atoms with van der Waals surface area (Å²) in [5.41, 5.74) is 10.9. The lowest BCUT2D eigenvalue weighted by Gasteiger charge is -2.02. The summed E-state index contributed by atoms with van der Waals surface area (Å²) in [5, 5.41) is 0. The minimum atomic E-state index is 1.27. The Morgan fingerprint density at radius 2 is 1.17 bits per heavy atom. The third-order valence-electron chi connectivity index (χ3n) is 4.08. The summed E-state index contributed by atoms with van der Waals surface area (Å²) in [5.74, 6) is 0. The number of fused-ring (bicyclic) bond motifs is 4. The standard InChI is InChI=1S/C18H9/c1-3-7-13-11(5-1)15-9-10-16-12-6-2-4-8-14(12)18(15)17(13)16/h1-9H. The van der Waals surface area contributed by atoms with Gasteiger partial charge in [0.05, 0.1) is 0 Å². The van der Waals surface area contributed by atoms with Gasteiger partial charge in [0.2, 0.25) is 0 Å². The molecular formula is C18H9. The molecule has 0 amide bonds. The molecule has 3 aromatic rings. The fourth-order valence-corrected chi connectivity index (χ4v) is 3.38. The van der Waals surface area contributed by atoms with Gasteiger partial charge in [-0.05, 0) is 56.6 Å². The van der Waals surface area contributed by atoms with E-state index >= 15 is 0 Å². The maximum atomic E-state index is 3.47. The molecule has 0 N–H and O–H groups in total. The Bertz CT molecular complexity index is 755. The van der Waals surface area contributed by atoms with Gasteiger partial charge in [-0.2, -0.15) is 0 Å². The van der Waals surface area contributed by atoms with Crippen molar-refractivity contribution in [3.63, 3.8) is 0 Å². The Morgan fingerprint density at radius 1 is 0.556 bits per heavy atom. The molecule has 0 fully saturated rings. The van der Waals surface area contributed by atoms with Crippen molar-refractivity contribution in [2.24, 2.45) is 0 Å². The highest BCUT2D eigenvalue weighted by Gasteiger charge is 2.33. The van der Waals surface area contributed by atoms with Crippen LogP contribution in [0.2, 0.25) is 0 Å². The maximum Gasteiger partial charge on any atom is -0.000763 e. The second-order valence-electron chi connectivity index (χ2n) is 4.92. The molecule has 2 aliphatic rings. The first-order valence-electron chi connectivity index (χ1n) is 6.23. The summed E-state index contributed by atoms with van der Waals surface area (Å²) in [6, 6.07) is 23.0. The summed E-state index contributed by atoms with van der Waals surface area (Å²) in [4.78, 5) is 0. The summed E-state index contributed by atoms with van der Waals surface area (Å²) in [6.45, 7) is 0. The molecular weight excluding hydrogens is 216 g/mol.